The predicted octanol–water partition coefficient (Wildman–Crippen LogP) is 3.38. The van der Waals surface area contributed by atoms with E-state index in [0.717, 1.165) is 30.1 Å². The second kappa shape index (κ2) is 7.93. The van der Waals surface area contributed by atoms with Crippen LogP contribution in [0.3, 0.4) is 0 Å². The zero-order valence-corrected chi connectivity index (χ0v) is 11.8. The Balaban J connectivity index is 2.26. The number of halogens is 2. The minimum Gasteiger partial charge on any atom is -0.383 e. The molecule has 1 unspecified atom stereocenters. The van der Waals surface area contributed by atoms with Gasteiger partial charge in [-0.05, 0) is 37.1 Å². The van der Waals surface area contributed by atoms with Crippen LogP contribution >= 0.6 is 23.2 Å². The highest BCUT2D eigenvalue weighted by Gasteiger charge is 2.04. The molecule has 0 saturated carbocycles. The average molecular weight is 276 g/mol. The fourth-order valence-corrected chi connectivity index (χ4v) is 2.08. The Hall–Kier alpha value is -0.280. The molecule has 0 radical (unpaired) electrons. The Morgan fingerprint density at radius 2 is 2.18 bits per heavy atom. The summed E-state index contributed by atoms with van der Waals surface area (Å²) in [6.07, 6.45) is 0.888. The van der Waals surface area contributed by atoms with E-state index in [-0.39, 0.29) is 5.38 Å². The molecule has 1 atom stereocenters. The Morgan fingerprint density at radius 1 is 1.41 bits per heavy atom. The second-order valence-corrected chi connectivity index (χ2v) is 5.14. The molecule has 96 valence electrons. The topological polar surface area (TPSA) is 21.3 Å². The van der Waals surface area contributed by atoms with E-state index in [0.29, 0.717) is 6.61 Å². The molecule has 2 nitrogen and oxygen atoms in total. The molecule has 1 rings (SSSR count). The third kappa shape index (κ3) is 5.73. The highest BCUT2D eigenvalue weighted by Crippen LogP contribution is 2.17. The molecule has 0 aliphatic carbocycles. The smallest absolute Gasteiger partial charge is 0.0626 e. The number of nitrogens with one attached hydrogen (secondary N) is 1. The monoisotopic (exact) mass is 275 g/mol. The van der Waals surface area contributed by atoms with Gasteiger partial charge in [0.15, 0.2) is 0 Å². The van der Waals surface area contributed by atoms with Crippen molar-refractivity contribution in [3.63, 3.8) is 0 Å². The van der Waals surface area contributed by atoms with E-state index in [9.17, 15) is 0 Å². The van der Waals surface area contributed by atoms with E-state index in [1.807, 2.05) is 13.0 Å². The molecule has 1 aromatic rings. The van der Waals surface area contributed by atoms with Crippen molar-refractivity contribution in [1.82, 2.24) is 5.32 Å². The summed E-state index contributed by atoms with van der Waals surface area (Å²) in [5.74, 6) is 0. The van der Waals surface area contributed by atoms with Crippen LogP contribution in [0.25, 0.3) is 0 Å². The number of hydrogen-bond acceptors (Lipinski definition) is 2. The van der Waals surface area contributed by atoms with Gasteiger partial charge in [-0.1, -0.05) is 23.7 Å². The van der Waals surface area contributed by atoms with Gasteiger partial charge < -0.3 is 10.1 Å². The number of rotatable bonds is 7. The number of hydrogen-bond donors (Lipinski definition) is 1. The predicted molar refractivity (Wildman–Crippen MR) is 74.0 cm³/mol. The van der Waals surface area contributed by atoms with Crippen molar-refractivity contribution in [1.29, 1.82) is 0 Å². The lowest BCUT2D eigenvalue weighted by Crippen LogP contribution is -2.20. The van der Waals surface area contributed by atoms with Gasteiger partial charge in [0.25, 0.3) is 0 Å². The van der Waals surface area contributed by atoms with Crippen LogP contribution in [0.5, 0.6) is 0 Å². The molecule has 0 amide bonds. The molecule has 0 aliphatic rings. The Morgan fingerprint density at radius 3 is 2.82 bits per heavy atom. The van der Waals surface area contributed by atoms with Crippen molar-refractivity contribution in [2.75, 3.05) is 20.3 Å². The number of methoxy groups -OCH3 is 1. The van der Waals surface area contributed by atoms with Crippen molar-refractivity contribution < 1.29 is 4.74 Å². The molecule has 0 saturated heterocycles. The van der Waals surface area contributed by atoms with E-state index in [1.54, 1.807) is 7.11 Å². The molecule has 4 heteroatoms. The van der Waals surface area contributed by atoms with Crippen LogP contribution in [0, 0.1) is 6.92 Å². The van der Waals surface area contributed by atoms with Crippen molar-refractivity contribution in [2.45, 2.75) is 25.3 Å². The van der Waals surface area contributed by atoms with Gasteiger partial charge in [-0.25, -0.2) is 0 Å². The minimum atomic E-state index is 0.0704. The molecule has 1 N–H and O–H groups in total. The molecule has 0 aliphatic heterocycles. The van der Waals surface area contributed by atoms with Gasteiger partial charge in [-0.2, -0.15) is 0 Å². The zero-order chi connectivity index (χ0) is 12.7. The van der Waals surface area contributed by atoms with Gasteiger partial charge in [0.1, 0.15) is 0 Å². The van der Waals surface area contributed by atoms with Gasteiger partial charge in [0, 0.05) is 18.7 Å². The van der Waals surface area contributed by atoms with E-state index in [2.05, 4.69) is 17.4 Å². The number of ether oxygens (including phenoxy) is 1. The standard InChI is InChI=1S/C13H19Cl2NO/c1-10-3-4-11(13(15)7-10)8-16-6-5-12(14)9-17-2/h3-4,7,12,16H,5-6,8-9H2,1-2H3. The fraction of sp³-hybridized carbons (Fsp3) is 0.538. The summed E-state index contributed by atoms with van der Waals surface area (Å²) in [5.41, 5.74) is 2.30. The van der Waals surface area contributed by atoms with Crippen LogP contribution in [0.4, 0.5) is 0 Å². The van der Waals surface area contributed by atoms with Crippen LogP contribution < -0.4 is 5.32 Å². The van der Waals surface area contributed by atoms with Crippen LogP contribution in [0.2, 0.25) is 5.02 Å². The molecule has 0 aromatic heterocycles. The quantitative estimate of drug-likeness (QED) is 0.609. The van der Waals surface area contributed by atoms with Gasteiger partial charge in [0.2, 0.25) is 0 Å². The van der Waals surface area contributed by atoms with Crippen molar-refractivity contribution in [3.05, 3.63) is 34.3 Å². The Bertz CT molecular complexity index is 344. The first-order valence-corrected chi connectivity index (χ1v) is 6.53. The number of benzene rings is 1. The summed E-state index contributed by atoms with van der Waals surface area (Å²) in [7, 11) is 1.66. The Kier molecular flexibility index (Phi) is 6.90. The van der Waals surface area contributed by atoms with Crippen molar-refractivity contribution >= 4 is 23.2 Å². The molecular weight excluding hydrogens is 257 g/mol. The third-order valence-electron chi connectivity index (χ3n) is 2.51. The first-order valence-electron chi connectivity index (χ1n) is 5.72. The van der Waals surface area contributed by atoms with Crippen molar-refractivity contribution in [3.8, 4) is 0 Å². The maximum absolute atomic E-state index is 6.13. The molecule has 17 heavy (non-hydrogen) atoms. The molecule has 0 heterocycles. The Labute approximate surface area is 113 Å². The van der Waals surface area contributed by atoms with Crippen LogP contribution in [0.1, 0.15) is 17.5 Å². The summed E-state index contributed by atoms with van der Waals surface area (Å²) in [6.45, 7) is 4.26. The lowest BCUT2D eigenvalue weighted by Gasteiger charge is -2.10. The maximum atomic E-state index is 6.13. The summed E-state index contributed by atoms with van der Waals surface area (Å²) in [4.78, 5) is 0. The normalized spacial score (nSPS) is 12.7. The van der Waals surface area contributed by atoms with Gasteiger partial charge in [0.05, 0.1) is 12.0 Å². The van der Waals surface area contributed by atoms with Gasteiger partial charge in [-0.3, -0.25) is 0 Å². The van der Waals surface area contributed by atoms with Crippen molar-refractivity contribution in [2.24, 2.45) is 0 Å². The summed E-state index contributed by atoms with van der Waals surface area (Å²) >= 11 is 12.2. The van der Waals surface area contributed by atoms with Gasteiger partial charge >= 0.3 is 0 Å². The SMILES string of the molecule is COCC(Cl)CCNCc1ccc(C)cc1Cl. The fourth-order valence-electron chi connectivity index (χ4n) is 1.54. The molecule has 0 bridgehead atoms. The zero-order valence-electron chi connectivity index (χ0n) is 10.3. The molecule has 0 fully saturated rings. The first-order chi connectivity index (χ1) is 8.13. The molecule has 1 aromatic carbocycles. The summed E-state index contributed by atoms with van der Waals surface area (Å²) in [5, 5.41) is 4.21. The van der Waals surface area contributed by atoms with Crippen LogP contribution in [0.15, 0.2) is 18.2 Å². The maximum Gasteiger partial charge on any atom is 0.0626 e. The summed E-state index contributed by atoms with van der Waals surface area (Å²) < 4.78 is 4.97. The van der Waals surface area contributed by atoms with E-state index in [4.69, 9.17) is 27.9 Å². The second-order valence-electron chi connectivity index (χ2n) is 4.11. The van der Waals surface area contributed by atoms with Gasteiger partial charge in [-0.15, -0.1) is 11.6 Å². The van der Waals surface area contributed by atoms with E-state index >= 15 is 0 Å². The lowest BCUT2D eigenvalue weighted by atomic mass is 10.1. The highest BCUT2D eigenvalue weighted by atomic mass is 35.5. The third-order valence-corrected chi connectivity index (χ3v) is 3.20. The van der Waals surface area contributed by atoms with E-state index < -0.39 is 0 Å². The summed E-state index contributed by atoms with van der Waals surface area (Å²) in [6, 6.07) is 6.10. The van der Waals surface area contributed by atoms with Crippen LogP contribution in [-0.2, 0) is 11.3 Å². The first kappa shape index (κ1) is 14.8. The minimum absolute atomic E-state index is 0.0704. The average Bonchev–Trinajstić information content (AvgIpc) is 2.27. The van der Waals surface area contributed by atoms with Crippen LogP contribution in [-0.4, -0.2) is 25.6 Å². The lowest BCUT2D eigenvalue weighted by molar-refractivity contribution is 0.195. The largest absolute Gasteiger partial charge is 0.383 e. The number of aryl methyl sites for hydroxylation is 1. The highest BCUT2D eigenvalue weighted by molar-refractivity contribution is 6.31. The molecular formula is C13H19Cl2NO. The van der Waals surface area contributed by atoms with E-state index in [1.165, 1.54) is 5.56 Å². The molecule has 0 spiro atoms. The number of alkyl halides is 1.